The van der Waals surface area contributed by atoms with Crippen LogP contribution in [0.5, 0.6) is 0 Å². The molecule has 0 unspecified atom stereocenters. The molecule has 3 nitrogen and oxygen atoms in total. The highest BCUT2D eigenvalue weighted by molar-refractivity contribution is 4.97. The molecule has 2 saturated heterocycles. The van der Waals surface area contributed by atoms with Crippen LogP contribution in [0.4, 0.5) is 0 Å². The summed E-state index contributed by atoms with van der Waals surface area (Å²) in [5.74, 6) is 0. The lowest BCUT2D eigenvalue weighted by Crippen LogP contribution is -2.50. The molecule has 0 aromatic heterocycles. The first kappa shape index (κ1) is 11.0. The van der Waals surface area contributed by atoms with Gasteiger partial charge in [0.25, 0.3) is 0 Å². The van der Waals surface area contributed by atoms with Crippen LogP contribution in [0.3, 0.4) is 0 Å². The quantitative estimate of drug-likeness (QED) is 0.741. The summed E-state index contributed by atoms with van der Waals surface area (Å²) in [4.78, 5) is 0. The minimum absolute atomic E-state index is 0.547. The lowest BCUT2D eigenvalue weighted by molar-refractivity contribution is -0.129. The topological polar surface area (TPSA) is 33.3 Å². The molecule has 92 valence electrons. The van der Waals surface area contributed by atoms with E-state index in [1.165, 1.54) is 51.6 Å². The zero-order valence-electron chi connectivity index (χ0n) is 10.1. The Morgan fingerprint density at radius 1 is 0.812 bits per heavy atom. The second-order valence-electron chi connectivity index (χ2n) is 5.87. The number of hydrogen-bond acceptors (Lipinski definition) is 3. The van der Waals surface area contributed by atoms with Crippen LogP contribution < -0.4 is 10.6 Å². The van der Waals surface area contributed by atoms with Crippen molar-refractivity contribution >= 4 is 0 Å². The molecule has 1 spiro atoms. The summed E-state index contributed by atoms with van der Waals surface area (Å²) >= 11 is 0. The summed E-state index contributed by atoms with van der Waals surface area (Å²) in [7, 11) is 0. The fourth-order valence-corrected chi connectivity index (χ4v) is 3.57. The van der Waals surface area contributed by atoms with Gasteiger partial charge in [0.05, 0.1) is 12.2 Å². The van der Waals surface area contributed by atoms with E-state index in [4.69, 9.17) is 4.74 Å². The Bertz CT molecular complexity index is 221. The van der Waals surface area contributed by atoms with Crippen LogP contribution >= 0.6 is 0 Å². The molecular formula is C13H24N2O. The van der Waals surface area contributed by atoms with E-state index in [9.17, 15) is 0 Å². The molecule has 3 aliphatic rings. The molecule has 3 fully saturated rings. The predicted molar refractivity (Wildman–Crippen MR) is 64.5 cm³/mol. The van der Waals surface area contributed by atoms with Gasteiger partial charge < -0.3 is 15.4 Å². The van der Waals surface area contributed by atoms with Crippen molar-refractivity contribution in [1.29, 1.82) is 0 Å². The van der Waals surface area contributed by atoms with Crippen molar-refractivity contribution in [3.8, 4) is 0 Å². The van der Waals surface area contributed by atoms with Gasteiger partial charge in [0.2, 0.25) is 0 Å². The van der Waals surface area contributed by atoms with Crippen molar-refractivity contribution < 1.29 is 4.74 Å². The highest BCUT2D eigenvalue weighted by atomic mass is 16.5. The zero-order chi connectivity index (χ0) is 10.8. The van der Waals surface area contributed by atoms with Gasteiger partial charge in [-0.2, -0.15) is 0 Å². The third-order valence-corrected chi connectivity index (χ3v) is 4.66. The predicted octanol–water partition coefficient (Wildman–Crippen LogP) is 1.29. The Labute approximate surface area is 98.3 Å². The molecule has 1 aliphatic carbocycles. The first-order valence-electron chi connectivity index (χ1n) is 6.93. The van der Waals surface area contributed by atoms with E-state index in [-0.39, 0.29) is 0 Å². The number of nitrogens with one attached hydrogen (secondary N) is 2. The second-order valence-corrected chi connectivity index (χ2v) is 5.87. The molecule has 0 aromatic carbocycles. The second kappa shape index (κ2) is 4.63. The van der Waals surface area contributed by atoms with Gasteiger partial charge in [-0.1, -0.05) is 0 Å². The minimum atomic E-state index is 0.547. The molecule has 0 atom stereocenters. The van der Waals surface area contributed by atoms with Crippen molar-refractivity contribution in [2.75, 3.05) is 26.2 Å². The van der Waals surface area contributed by atoms with Crippen molar-refractivity contribution in [2.45, 2.75) is 50.7 Å². The maximum Gasteiger partial charge on any atom is 0.0603 e. The van der Waals surface area contributed by atoms with Crippen LogP contribution in [0.25, 0.3) is 0 Å². The van der Waals surface area contributed by atoms with E-state index in [0.717, 1.165) is 13.1 Å². The largest absolute Gasteiger partial charge is 0.375 e. The summed E-state index contributed by atoms with van der Waals surface area (Å²) in [6.07, 6.45) is 8.97. The van der Waals surface area contributed by atoms with Gasteiger partial charge in [-0.15, -0.1) is 0 Å². The highest BCUT2D eigenvalue weighted by Gasteiger charge is 2.45. The first-order chi connectivity index (χ1) is 7.86. The Kier molecular flexibility index (Phi) is 3.18. The van der Waals surface area contributed by atoms with Gasteiger partial charge in [0, 0.05) is 0 Å². The van der Waals surface area contributed by atoms with Crippen LogP contribution in [-0.2, 0) is 4.74 Å². The zero-order valence-corrected chi connectivity index (χ0v) is 10.1. The van der Waals surface area contributed by atoms with Crippen molar-refractivity contribution in [3.05, 3.63) is 0 Å². The molecular weight excluding hydrogens is 200 g/mol. The maximum absolute atomic E-state index is 6.19. The van der Waals surface area contributed by atoms with E-state index < -0.39 is 0 Å². The molecule has 0 radical (unpaired) electrons. The molecule has 0 bridgehead atoms. The Morgan fingerprint density at radius 3 is 2.12 bits per heavy atom. The van der Waals surface area contributed by atoms with E-state index in [2.05, 4.69) is 10.6 Å². The fraction of sp³-hybridized carbons (Fsp3) is 1.00. The van der Waals surface area contributed by atoms with Crippen molar-refractivity contribution in [2.24, 2.45) is 5.41 Å². The maximum atomic E-state index is 6.19. The lowest BCUT2D eigenvalue weighted by Gasteiger charge is -2.51. The minimum Gasteiger partial charge on any atom is -0.375 e. The van der Waals surface area contributed by atoms with Crippen molar-refractivity contribution in [1.82, 2.24) is 10.6 Å². The average Bonchev–Trinajstić information content (AvgIpc) is 2.30. The van der Waals surface area contributed by atoms with Gasteiger partial charge in [-0.3, -0.25) is 0 Å². The van der Waals surface area contributed by atoms with Gasteiger partial charge in [0.15, 0.2) is 0 Å². The average molecular weight is 224 g/mol. The number of hydrogen-bond donors (Lipinski definition) is 2. The molecule has 2 N–H and O–H groups in total. The van der Waals surface area contributed by atoms with Crippen LogP contribution in [0, 0.1) is 5.41 Å². The Balaban J connectivity index is 1.42. The van der Waals surface area contributed by atoms with Crippen LogP contribution in [0.2, 0.25) is 0 Å². The molecule has 1 saturated carbocycles. The molecule has 0 aromatic rings. The van der Waals surface area contributed by atoms with E-state index >= 15 is 0 Å². The van der Waals surface area contributed by atoms with Crippen LogP contribution in [-0.4, -0.2) is 38.4 Å². The number of ether oxygens (including phenoxy) is 1. The number of rotatable bonds is 2. The summed E-state index contributed by atoms with van der Waals surface area (Å²) in [5, 5.41) is 6.85. The van der Waals surface area contributed by atoms with E-state index in [0.29, 0.717) is 17.6 Å². The summed E-state index contributed by atoms with van der Waals surface area (Å²) in [6, 6.07) is 0. The van der Waals surface area contributed by atoms with E-state index in [1.807, 2.05) is 0 Å². The van der Waals surface area contributed by atoms with Crippen LogP contribution in [0.1, 0.15) is 38.5 Å². The summed E-state index contributed by atoms with van der Waals surface area (Å²) < 4.78 is 6.19. The molecule has 3 rings (SSSR count). The Morgan fingerprint density at radius 2 is 1.44 bits per heavy atom. The molecule has 3 heteroatoms. The van der Waals surface area contributed by atoms with Gasteiger partial charge in [-0.25, -0.2) is 0 Å². The van der Waals surface area contributed by atoms with E-state index in [1.54, 1.807) is 0 Å². The smallest absolute Gasteiger partial charge is 0.0603 e. The third kappa shape index (κ3) is 2.27. The lowest BCUT2D eigenvalue weighted by atomic mass is 9.61. The molecule has 0 amide bonds. The monoisotopic (exact) mass is 224 g/mol. The third-order valence-electron chi connectivity index (χ3n) is 4.66. The number of piperidine rings is 2. The summed E-state index contributed by atoms with van der Waals surface area (Å²) in [5.41, 5.74) is 0.669. The van der Waals surface area contributed by atoms with Gasteiger partial charge >= 0.3 is 0 Å². The molecule has 2 heterocycles. The van der Waals surface area contributed by atoms with Crippen LogP contribution in [0.15, 0.2) is 0 Å². The summed E-state index contributed by atoms with van der Waals surface area (Å²) in [6.45, 7) is 4.74. The molecule has 2 aliphatic heterocycles. The normalized spacial score (nSPS) is 31.5. The van der Waals surface area contributed by atoms with Gasteiger partial charge in [0.1, 0.15) is 0 Å². The SMILES string of the molecule is C1CC(OC2CC3(CCNCC3)C2)CCN1. The first-order valence-corrected chi connectivity index (χ1v) is 6.93. The standard InChI is InChI=1S/C13H24N2O/c1-5-14-6-2-11(1)16-12-9-13(10-12)3-7-15-8-4-13/h11-12,14-15H,1-10H2. The molecule has 16 heavy (non-hydrogen) atoms. The Hall–Kier alpha value is -0.120. The van der Waals surface area contributed by atoms with Crippen molar-refractivity contribution in [3.63, 3.8) is 0 Å². The fourth-order valence-electron chi connectivity index (χ4n) is 3.57. The van der Waals surface area contributed by atoms with Gasteiger partial charge in [-0.05, 0) is 70.1 Å². The highest BCUT2D eigenvalue weighted by Crippen LogP contribution is 2.49.